The van der Waals surface area contributed by atoms with Crippen molar-refractivity contribution < 1.29 is 9.47 Å². The number of nitrogens with zero attached hydrogens (tertiary/aromatic N) is 3. The highest BCUT2D eigenvalue weighted by Gasteiger charge is 2.80. The number of nitrogens with one attached hydrogen (secondary N) is 1. The van der Waals surface area contributed by atoms with Crippen molar-refractivity contribution >= 4 is 5.90 Å². The molecule has 0 spiro atoms. The van der Waals surface area contributed by atoms with E-state index >= 15 is 0 Å². The van der Waals surface area contributed by atoms with Crippen molar-refractivity contribution in [1.82, 2.24) is 0 Å². The molecule has 2 bridgehead atoms. The molecule has 1 aromatic rings. The van der Waals surface area contributed by atoms with Gasteiger partial charge in [-0.2, -0.15) is 15.8 Å². The smallest absolute Gasteiger partial charge is 0.217 e. The van der Waals surface area contributed by atoms with E-state index in [9.17, 15) is 15.8 Å². The van der Waals surface area contributed by atoms with Crippen LogP contribution in [0.5, 0.6) is 0 Å². The monoisotopic (exact) mass is 374 g/mol. The minimum absolute atomic E-state index is 0.278. The van der Waals surface area contributed by atoms with Gasteiger partial charge in [-0.25, -0.2) is 0 Å². The van der Waals surface area contributed by atoms with Gasteiger partial charge in [-0.05, 0) is 37.2 Å². The number of rotatable bonds is 3. The Bertz CT molecular complexity index is 911. The average Bonchev–Trinajstić information content (AvgIpc) is 2.91. The fourth-order valence-corrected chi connectivity index (χ4v) is 5.34. The molecule has 6 heteroatoms. The highest BCUT2D eigenvalue weighted by Crippen LogP contribution is 2.67. The van der Waals surface area contributed by atoms with E-state index in [1.165, 1.54) is 0 Å². The summed E-state index contributed by atoms with van der Waals surface area (Å²) in [6.07, 6.45) is 2.27. The summed E-state index contributed by atoms with van der Waals surface area (Å²) >= 11 is 0. The Morgan fingerprint density at radius 3 is 2.50 bits per heavy atom. The standard InChI is InChI=1S/C22H22N4O2/c1-15-9-10-22-17(11-15)21(14-25,19(26)28-22)20(12-23,13-24)18(27-22)8-7-16-5-3-2-4-6-16/h2-6,15,17-18,26H,7-11H2,1H3. The van der Waals surface area contributed by atoms with E-state index in [0.717, 1.165) is 12.0 Å². The minimum atomic E-state index is -1.77. The van der Waals surface area contributed by atoms with E-state index in [4.69, 9.17) is 14.9 Å². The van der Waals surface area contributed by atoms with Gasteiger partial charge in [-0.15, -0.1) is 0 Å². The summed E-state index contributed by atoms with van der Waals surface area (Å²) in [6, 6.07) is 16.2. The van der Waals surface area contributed by atoms with Crippen molar-refractivity contribution in [3.63, 3.8) is 0 Å². The van der Waals surface area contributed by atoms with Crippen molar-refractivity contribution in [2.24, 2.45) is 22.7 Å². The summed E-state index contributed by atoms with van der Waals surface area (Å²) < 4.78 is 12.3. The summed E-state index contributed by atoms with van der Waals surface area (Å²) in [5, 5.41) is 39.0. The third kappa shape index (κ3) is 2.17. The van der Waals surface area contributed by atoms with Crippen LogP contribution >= 0.6 is 0 Å². The first-order valence-electron chi connectivity index (χ1n) is 9.71. The number of hydrogen-bond acceptors (Lipinski definition) is 6. The summed E-state index contributed by atoms with van der Waals surface area (Å²) in [7, 11) is 0. The zero-order valence-corrected chi connectivity index (χ0v) is 15.8. The van der Waals surface area contributed by atoms with Gasteiger partial charge in [-0.3, -0.25) is 5.41 Å². The van der Waals surface area contributed by atoms with Gasteiger partial charge in [0, 0.05) is 6.42 Å². The van der Waals surface area contributed by atoms with E-state index in [0.29, 0.717) is 31.6 Å². The maximum atomic E-state index is 10.2. The van der Waals surface area contributed by atoms with E-state index in [1.54, 1.807) is 0 Å². The van der Waals surface area contributed by atoms with Crippen LogP contribution < -0.4 is 0 Å². The van der Waals surface area contributed by atoms with Crippen LogP contribution in [0.1, 0.15) is 38.2 Å². The maximum absolute atomic E-state index is 10.2. The molecule has 3 fully saturated rings. The van der Waals surface area contributed by atoms with E-state index in [2.05, 4.69) is 25.1 Å². The number of benzene rings is 1. The highest BCUT2D eigenvalue weighted by molar-refractivity contribution is 5.89. The normalized spacial score (nSPS) is 37.6. The predicted octanol–water partition coefficient (Wildman–Crippen LogP) is 3.70. The van der Waals surface area contributed by atoms with Crippen LogP contribution in [0.2, 0.25) is 0 Å². The Hall–Kier alpha value is -2.88. The van der Waals surface area contributed by atoms with Crippen molar-refractivity contribution in [3.8, 4) is 18.2 Å². The lowest BCUT2D eigenvalue weighted by Crippen LogP contribution is -2.64. The largest absolute Gasteiger partial charge is 0.447 e. The molecular formula is C22H22N4O2. The second-order valence-electron chi connectivity index (χ2n) is 8.26. The van der Waals surface area contributed by atoms with E-state index < -0.39 is 28.6 Å². The molecule has 1 aliphatic carbocycles. The maximum Gasteiger partial charge on any atom is 0.217 e. The first-order valence-corrected chi connectivity index (χ1v) is 9.71. The van der Waals surface area contributed by atoms with Crippen LogP contribution in [-0.4, -0.2) is 17.8 Å². The topological polar surface area (TPSA) is 114 Å². The van der Waals surface area contributed by atoms with Gasteiger partial charge in [0.2, 0.25) is 11.7 Å². The van der Waals surface area contributed by atoms with E-state index in [-0.39, 0.29) is 5.90 Å². The van der Waals surface area contributed by atoms with Crippen LogP contribution in [-0.2, 0) is 15.9 Å². The molecule has 1 aromatic carbocycles. The summed E-state index contributed by atoms with van der Waals surface area (Å²) in [5.74, 6) is -1.51. The number of ether oxygens (including phenoxy) is 2. The number of hydrogen-bond donors (Lipinski definition) is 1. The second-order valence-corrected chi connectivity index (χ2v) is 8.26. The van der Waals surface area contributed by atoms with Gasteiger partial charge >= 0.3 is 0 Å². The number of nitriles is 3. The molecule has 5 unspecified atom stereocenters. The molecule has 0 amide bonds. The molecule has 6 nitrogen and oxygen atoms in total. The van der Waals surface area contributed by atoms with Gasteiger partial charge in [-0.1, -0.05) is 37.3 Å². The lowest BCUT2D eigenvalue weighted by Gasteiger charge is -2.52. The molecule has 1 N–H and O–H groups in total. The Morgan fingerprint density at radius 2 is 1.86 bits per heavy atom. The molecular weight excluding hydrogens is 352 g/mol. The second kappa shape index (κ2) is 6.33. The lowest BCUT2D eigenvalue weighted by molar-refractivity contribution is -0.296. The fraction of sp³-hybridized carbons (Fsp3) is 0.545. The molecule has 0 radical (unpaired) electrons. The van der Waals surface area contributed by atoms with Gasteiger partial charge in [0.05, 0.1) is 30.2 Å². The molecule has 2 saturated heterocycles. The number of aryl methyl sites for hydroxylation is 1. The van der Waals surface area contributed by atoms with Gasteiger partial charge in [0.1, 0.15) is 0 Å². The van der Waals surface area contributed by atoms with Crippen LogP contribution in [0.3, 0.4) is 0 Å². The van der Waals surface area contributed by atoms with Gasteiger partial charge in [0.25, 0.3) is 0 Å². The first-order chi connectivity index (χ1) is 13.5. The molecule has 0 aromatic heterocycles. The minimum Gasteiger partial charge on any atom is -0.447 e. The van der Waals surface area contributed by atoms with Crippen molar-refractivity contribution in [3.05, 3.63) is 35.9 Å². The summed E-state index contributed by atoms with van der Waals surface area (Å²) in [5.41, 5.74) is -2.29. The Balaban J connectivity index is 1.79. The molecule has 4 rings (SSSR count). The third-order valence-electron chi connectivity index (χ3n) is 6.82. The summed E-state index contributed by atoms with van der Waals surface area (Å²) in [6.45, 7) is 2.09. The molecule has 3 aliphatic rings. The quantitative estimate of drug-likeness (QED) is 0.866. The van der Waals surface area contributed by atoms with Crippen LogP contribution in [0.4, 0.5) is 0 Å². The van der Waals surface area contributed by atoms with Gasteiger partial charge in [0.15, 0.2) is 10.8 Å². The zero-order chi connectivity index (χ0) is 20.0. The molecule has 1 saturated carbocycles. The van der Waals surface area contributed by atoms with Crippen LogP contribution in [0.25, 0.3) is 0 Å². The van der Waals surface area contributed by atoms with E-state index in [1.807, 2.05) is 30.3 Å². The molecule has 2 heterocycles. The lowest BCUT2D eigenvalue weighted by atomic mass is 9.51. The average molecular weight is 374 g/mol. The predicted molar refractivity (Wildman–Crippen MR) is 99.4 cm³/mol. The van der Waals surface area contributed by atoms with Crippen molar-refractivity contribution in [2.75, 3.05) is 0 Å². The highest BCUT2D eigenvalue weighted by atomic mass is 16.7. The first kappa shape index (κ1) is 18.5. The molecule has 28 heavy (non-hydrogen) atoms. The van der Waals surface area contributed by atoms with Crippen molar-refractivity contribution in [1.29, 1.82) is 21.2 Å². The third-order valence-corrected chi connectivity index (χ3v) is 6.82. The SMILES string of the molecule is CC1CCC23OC(=N)C(C#N)(C2C1)C(C#N)(C#N)C(CCc1ccccc1)O3. The zero-order valence-electron chi connectivity index (χ0n) is 15.8. The molecule has 142 valence electrons. The van der Waals surface area contributed by atoms with Crippen LogP contribution in [0.15, 0.2) is 30.3 Å². The Morgan fingerprint density at radius 1 is 1.14 bits per heavy atom. The Kier molecular flexibility index (Phi) is 4.18. The fourth-order valence-electron chi connectivity index (χ4n) is 5.34. The van der Waals surface area contributed by atoms with Gasteiger partial charge < -0.3 is 9.47 Å². The molecule has 2 aliphatic heterocycles. The van der Waals surface area contributed by atoms with Crippen LogP contribution in [0, 0.1) is 62.1 Å². The Labute approximate surface area is 164 Å². The summed E-state index contributed by atoms with van der Waals surface area (Å²) in [4.78, 5) is 0. The van der Waals surface area contributed by atoms with Crippen molar-refractivity contribution in [2.45, 2.75) is 50.9 Å². The molecule has 5 atom stereocenters.